The molecule has 1 atom stereocenters. The van der Waals surface area contributed by atoms with Crippen molar-refractivity contribution < 1.29 is 26.7 Å². The maximum absolute atomic E-state index is 12.4. The van der Waals surface area contributed by atoms with E-state index in [0.717, 1.165) is 6.07 Å². The maximum atomic E-state index is 12.4. The molecule has 0 fully saturated rings. The molecule has 0 aliphatic rings. The van der Waals surface area contributed by atoms with Gasteiger partial charge in [0.2, 0.25) is 0 Å². The number of nitrogens with zero attached hydrogens (tertiary/aromatic N) is 1. The normalized spacial score (nSPS) is 13.1. The molecule has 0 saturated carbocycles. The number of hydrogen-bond donors (Lipinski definition) is 3. The number of amides is 1. The molecule has 2 aromatic carbocycles. The van der Waals surface area contributed by atoms with Gasteiger partial charge in [0.25, 0.3) is 0 Å². The molecule has 3 N–H and O–H groups in total. The molecule has 0 saturated heterocycles. The van der Waals surface area contributed by atoms with Crippen molar-refractivity contribution in [3.8, 4) is 11.1 Å². The quantitative estimate of drug-likeness (QED) is 0.278. The zero-order chi connectivity index (χ0) is 19.6. The van der Waals surface area contributed by atoms with Crippen molar-refractivity contribution in [2.45, 2.75) is 13.8 Å². The predicted molar refractivity (Wildman–Crippen MR) is 94.6 cm³/mol. The number of carbonyl (C=O) groups excluding carboxylic acids is 1. The molecular weight excluding hydrogens is 431 g/mol. The fraction of sp³-hybridized carbons (Fsp3) is 0.133. The monoisotopic (exact) mass is 444 g/mol. The van der Waals surface area contributed by atoms with Gasteiger partial charge < -0.3 is 0 Å². The van der Waals surface area contributed by atoms with Gasteiger partial charge in [-0.25, -0.2) is 0 Å². The van der Waals surface area contributed by atoms with Crippen LogP contribution < -0.4 is 9.67 Å². The number of non-ortho nitro benzene ring substituents is 1. The Morgan fingerprint density at radius 1 is 1.31 bits per heavy atom. The van der Waals surface area contributed by atoms with E-state index >= 15 is 0 Å². The second-order valence-corrected chi connectivity index (χ2v) is 9.28. The van der Waals surface area contributed by atoms with E-state index in [9.17, 15) is 22.7 Å². The van der Waals surface area contributed by atoms with Crippen LogP contribution >= 0.6 is 11.6 Å². The van der Waals surface area contributed by atoms with Crippen molar-refractivity contribution >= 4 is 47.4 Å². The summed E-state index contributed by atoms with van der Waals surface area (Å²) in [5.41, 5.74) is 0.630. The Morgan fingerprint density at radius 3 is 2.46 bits per heavy atom. The van der Waals surface area contributed by atoms with Gasteiger partial charge in [-0.3, -0.25) is 0 Å². The molecule has 0 spiro atoms. The summed E-state index contributed by atoms with van der Waals surface area (Å²) < 4.78 is 26.0. The van der Waals surface area contributed by atoms with E-state index in [0.29, 0.717) is 5.56 Å². The van der Waals surface area contributed by atoms with Crippen LogP contribution in [0.2, 0.25) is 5.02 Å². The molecule has 0 heterocycles. The van der Waals surface area contributed by atoms with Crippen LogP contribution in [-0.4, -0.2) is 34.4 Å². The number of halogens is 1. The summed E-state index contributed by atoms with van der Waals surface area (Å²) in [5, 5.41) is 22.1. The van der Waals surface area contributed by atoms with E-state index in [2.05, 4.69) is 9.19 Å². The van der Waals surface area contributed by atoms with Gasteiger partial charge >= 0.3 is 155 Å². The Balaban J connectivity index is 2.83. The number of rotatable bonds is 5. The van der Waals surface area contributed by atoms with Crippen molar-refractivity contribution in [3.63, 3.8) is 0 Å². The molecule has 0 aliphatic heterocycles. The molecule has 1 amide bonds. The van der Waals surface area contributed by atoms with Gasteiger partial charge in [0, 0.05) is 0 Å². The first-order chi connectivity index (χ1) is 12.1. The molecular formula is C15H14AsClN2O7. The van der Waals surface area contributed by atoms with Crippen molar-refractivity contribution in [2.24, 2.45) is 0 Å². The number of benzene rings is 2. The van der Waals surface area contributed by atoms with E-state index in [4.69, 9.17) is 16.9 Å². The van der Waals surface area contributed by atoms with Gasteiger partial charge in [-0.05, 0) is 0 Å². The van der Waals surface area contributed by atoms with Gasteiger partial charge in [-0.15, -0.1) is 0 Å². The molecule has 9 nitrogen and oxygen atoms in total. The number of anilines is 1. The number of aryl methyl sites for hydroxylation is 1. The Bertz CT molecular complexity index is 948. The molecule has 26 heavy (non-hydrogen) atoms. The topological polar surface area (TPSA) is 139 Å². The second-order valence-electron chi connectivity index (χ2n) is 5.41. The molecule has 2 aromatic rings. The molecule has 11 heteroatoms. The van der Waals surface area contributed by atoms with Crippen LogP contribution in [0.25, 0.3) is 11.1 Å². The first-order valence-electron chi connectivity index (χ1n) is 7.10. The molecule has 0 radical (unpaired) electrons. The summed E-state index contributed by atoms with van der Waals surface area (Å²) in [4.78, 5) is 21.7. The second kappa shape index (κ2) is 7.61. The Hall–Kier alpha value is -2.16. The van der Waals surface area contributed by atoms with Crippen LogP contribution in [0.1, 0.15) is 12.5 Å². The standard InChI is InChI=1S/C15H14AsClN2O7/c1-8-5-12(11-4-3-10(19(23)24)7-13(11)17)15(16(21,22)26-25)14(6-8)18-9(2)20/h3-7,25H,1-2H3,(H,18,20)(H,21,22). The fourth-order valence-corrected chi connectivity index (χ4v) is 4.82. The van der Waals surface area contributed by atoms with E-state index in [1.54, 1.807) is 6.92 Å². The van der Waals surface area contributed by atoms with E-state index < -0.39 is 25.0 Å². The summed E-state index contributed by atoms with van der Waals surface area (Å²) in [5.74, 6) is -0.508. The number of nitro benzene ring substituents is 1. The van der Waals surface area contributed by atoms with Crippen LogP contribution in [0.4, 0.5) is 11.4 Å². The minimum absolute atomic E-state index is 0.0269. The predicted octanol–water partition coefficient (Wildman–Crippen LogP) is 2.24. The van der Waals surface area contributed by atoms with E-state index in [1.165, 1.54) is 31.2 Å². The van der Waals surface area contributed by atoms with Gasteiger partial charge in [-0.1, -0.05) is 0 Å². The van der Waals surface area contributed by atoms with Crippen LogP contribution in [-0.2, 0) is 12.4 Å². The van der Waals surface area contributed by atoms with Crippen molar-refractivity contribution in [3.05, 3.63) is 51.0 Å². The van der Waals surface area contributed by atoms with E-state index in [-0.39, 0.29) is 31.9 Å². The summed E-state index contributed by atoms with van der Waals surface area (Å²) in [6.45, 7) is 2.88. The van der Waals surface area contributed by atoms with Crippen molar-refractivity contribution in [1.29, 1.82) is 0 Å². The number of hydrogen-bond acceptors (Lipinski definition) is 6. The molecule has 2 rings (SSSR count). The third-order valence-corrected chi connectivity index (χ3v) is 6.39. The first kappa shape index (κ1) is 20.2. The van der Waals surface area contributed by atoms with Crippen LogP contribution in [0.3, 0.4) is 0 Å². The zero-order valence-electron chi connectivity index (χ0n) is 13.6. The van der Waals surface area contributed by atoms with Crippen molar-refractivity contribution in [1.82, 2.24) is 0 Å². The number of nitro groups is 1. The summed E-state index contributed by atoms with van der Waals surface area (Å²) in [6, 6.07) is 6.51. The van der Waals surface area contributed by atoms with Crippen molar-refractivity contribution in [2.75, 3.05) is 5.32 Å². The molecule has 138 valence electrons. The Morgan fingerprint density at radius 2 is 1.96 bits per heavy atom. The van der Waals surface area contributed by atoms with Gasteiger partial charge in [0.05, 0.1) is 0 Å². The van der Waals surface area contributed by atoms with Gasteiger partial charge in [-0.2, -0.15) is 0 Å². The molecule has 0 bridgehead atoms. The van der Waals surface area contributed by atoms with Crippen LogP contribution in [0.5, 0.6) is 0 Å². The minimum atomic E-state index is -5.47. The summed E-state index contributed by atoms with van der Waals surface area (Å²) in [6.07, 6.45) is 0. The first-order valence-corrected chi connectivity index (χ1v) is 10.8. The SMILES string of the molecule is CC(=O)Nc1cc(C)cc(-c2ccc([N+](=O)[O-])cc2Cl)c1[As](=O)(O)OO. The number of carbonyl (C=O) groups is 1. The average molecular weight is 445 g/mol. The van der Waals surface area contributed by atoms with E-state index in [1.807, 2.05) is 0 Å². The van der Waals surface area contributed by atoms with Gasteiger partial charge in [0.1, 0.15) is 0 Å². The summed E-state index contributed by atoms with van der Waals surface area (Å²) in [7, 11) is 0. The zero-order valence-corrected chi connectivity index (χ0v) is 16.2. The fourth-order valence-electron chi connectivity index (χ4n) is 2.45. The Labute approximate surface area is 155 Å². The van der Waals surface area contributed by atoms with Crippen LogP contribution in [0, 0.1) is 17.0 Å². The third kappa shape index (κ3) is 4.14. The molecule has 0 aliphatic carbocycles. The summed E-state index contributed by atoms with van der Waals surface area (Å²) >= 11 is 0.657. The van der Waals surface area contributed by atoms with Crippen LogP contribution in [0.15, 0.2) is 30.3 Å². The average Bonchev–Trinajstić information content (AvgIpc) is 2.53. The molecule has 1 unspecified atom stereocenters. The number of nitrogens with one attached hydrogen (secondary N) is 1. The third-order valence-electron chi connectivity index (χ3n) is 3.41. The Kier molecular flexibility index (Phi) is 5.90. The van der Waals surface area contributed by atoms with Gasteiger partial charge in [0.15, 0.2) is 0 Å². The molecule has 0 aromatic heterocycles.